The lowest BCUT2D eigenvalue weighted by Crippen LogP contribution is -2.76. The zero-order valence-corrected chi connectivity index (χ0v) is 12.2. The van der Waals surface area contributed by atoms with Crippen molar-refractivity contribution >= 4 is 0 Å². The number of rotatable bonds is 2. The van der Waals surface area contributed by atoms with E-state index in [0.29, 0.717) is 6.92 Å². The van der Waals surface area contributed by atoms with Gasteiger partial charge in [0.2, 0.25) is 5.41 Å². The van der Waals surface area contributed by atoms with Crippen LogP contribution in [-0.2, 0) is 4.74 Å². The molecule has 1 rings (SSSR count). The number of halogens is 14. The van der Waals surface area contributed by atoms with E-state index in [0.717, 1.165) is 0 Å². The van der Waals surface area contributed by atoms with Crippen molar-refractivity contribution in [1.29, 1.82) is 0 Å². The molecule has 0 aromatic carbocycles. The molecule has 0 spiro atoms. The fourth-order valence-corrected chi connectivity index (χ4v) is 2.73. The molecule has 26 heavy (non-hydrogen) atoms. The van der Waals surface area contributed by atoms with Gasteiger partial charge in [0.15, 0.2) is 0 Å². The van der Waals surface area contributed by atoms with Crippen molar-refractivity contribution < 1.29 is 66.2 Å². The minimum absolute atomic E-state index is 0.703. The maximum Gasteiger partial charge on any atom is 0.437 e. The summed E-state index contributed by atoms with van der Waals surface area (Å²) in [7, 11) is 0. The molecule has 2 atom stereocenters. The molecular formula is C11H8F14O. The Morgan fingerprint density at radius 1 is 0.769 bits per heavy atom. The van der Waals surface area contributed by atoms with Gasteiger partial charge in [0.1, 0.15) is 0 Å². The van der Waals surface area contributed by atoms with Crippen LogP contribution >= 0.6 is 0 Å². The number of hydrogen-bond acceptors (Lipinski definition) is 1. The van der Waals surface area contributed by atoms with Gasteiger partial charge in [-0.05, 0) is 6.42 Å². The second kappa shape index (κ2) is 5.74. The molecule has 1 aliphatic heterocycles. The molecular weight excluding hydrogens is 414 g/mol. The Balaban J connectivity index is 4.03. The van der Waals surface area contributed by atoms with Crippen LogP contribution in [0.1, 0.15) is 19.8 Å². The van der Waals surface area contributed by atoms with Crippen molar-refractivity contribution in [2.24, 2.45) is 5.41 Å². The number of ether oxygens (including phenoxy) is 1. The van der Waals surface area contributed by atoms with Crippen molar-refractivity contribution in [3.05, 3.63) is 0 Å². The van der Waals surface area contributed by atoms with Crippen LogP contribution in [0.3, 0.4) is 0 Å². The molecule has 2 unspecified atom stereocenters. The first kappa shape index (κ1) is 23.0. The zero-order valence-electron chi connectivity index (χ0n) is 12.2. The van der Waals surface area contributed by atoms with E-state index in [-0.39, 0.29) is 0 Å². The summed E-state index contributed by atoms with van der Waals surface area (Å²) in [4.78, 5) is 0. The molecule has 156 valence electrons. The Hall–Kier alpha value is -1.02. The highest BCUT2D eigenvalue weighted by molar-refractivity contribution is 5.21. The van der Waals surface area contributed by atoms with Gasteiger partial charge in [-0.2, -0.15) is 52.7 Å². The van der Waals surface area contributed by atoms with Crippen LogP contribution in [0.5, 0.6) is 0 Å². The Kier molecular flexibility index (Phi) is 5.08. The Morgan fingerprint density at radius 2 is 1.12 bits per heavy atom. The lowest BCUT2D eigenvalue weighted by molar-refractivity contribution is -0.476. The summed E-state index contributed by atoms with van der Waals surface area (Å²) in [6.07, 6.45) is -35.8. The maximum atomic E-state index is 14.6. The Bertz CT molecular complexity index is 497. The number of alkyl halides is 14. The molecule has 1 fully saturated rings. The van der Waals surface area contributed by atoms with Gasteiger partial charge in [-0.1, -0.05) is 6.92 Å². The lowest BCUT2D eigenvalue weighted by atomic mass is 9.69. The minimum Gasteiger partial charge on any atom is -0.338 e. The molecule has 15 heteroatoms. The van der Waals surface area contributed by atoms with Crippen molar-refractivity contribution in [2.45, 2.75) is 62.1 Å². The second-order valence-electron chi connectivity index (χ2n) is 5.50. The van der Waals surface area contributed by atoms with Crippen LogP contribution in [0.4, 0.5) is 61.5 Å². The number of hydrogen-bond donors (Lipinski definition) is 0. The van der Waals surface area contributed by atoms with E-state index < -0.39 is 60.6 Å². The van der Waals surface area contributed by atoms with Gasteiger partial charge in [-0.25, -0.2) is 8.78 Å². The van der Waals surface area contributed by atoms with Gasteiger partial charge in [0, 0.05) is 6.42 Å². The van der Waals surface area contributed by atoms with E-state index in [1.165, 1.54) is 0 Å². The molecule has 1 heterocycles. The molecule has 0 aromatic rings. The quantitative estimate of drug-likeness (QED) is 0.512. The van der Waals surface area contributed by atoms with E-state index in [9.17, 15) is 61.5 Å². The van der Waals surface area contributed by atoms with Crippen molar-refractivity contribution in [2.75, 3.05) is 0 Å². The van der Waals surface area contributed by atoms with Crippen LogP contribution in [0.15, 0.2) is 0 Å². The topological polar surface area (TPSA) is 9.23 Å². The summed E-state index contributed by atoms with van der Waals surface area (Å²) in [6, 6.07) is 0. The largest absolute Gasteiger partial charge is 0.437 e. The first-order chi connectivity index (χ1) is 11.1. The standard InChI is InChI=1S/C11H8F14O/c1-2-4-3-5(8(14,15)16,9(17,18)19)7(13,26-4)6(12,10(20,21)22)11(23,24)25/h4H,2-3H2,1H3. The monoisotopic (exact) mass is 422 g/mol. The molecule has 0 N–H and O–H groups in total. The van der Waals surface area contributed by atoms with Gasteiger partial charge in [0.25, 0.3) is 5.85 Å². The third-order valence-corrected chi connectivity index (χ3v) is 4.06. The first-order valence-corrected chi connectivity index (χ1v) is 6.46. The van der Waals surface area contributed by atoms with Gasteiger partial charge < -0.3 is 4.74 Å². The maximum absolute atomic E-state index is 14.6. The van der Waals surface area contributed by atoms with Gasteiger partial charge >= 0.3 is 30.4 Å². The van der Waals surface area contributed by atoms with Crippen LogP contribution in [-0.4, -0.2) is 42.3 Å². The van der Waals surface area contributed by atoms with Crippen LogP contribution in [0.25, 0.3) is 0 Å². The van der Waals surface area contributed by atoms with Crippen LogP contribution in [0, 0.1) is 5.41 Å². The van der Waals surface area contributed by atoms with Crippen LogP contribution in [0.2, 0.25) is 0 Å². The van der Waals surface area contributed by atoms with E-state index >= 15 is 0 Å². The second-order valence-corrected chi connectivity index (χ2v) is 5.50. The average molecular weight is 422 g/mol. The minimum atomic E-state index is -7.61. The Morgan fingerprint density at radius 3 is 1.35 bits per heavy atom. The normalized spacial score (nSPS) is 28.5. The van der Waals surface area contributed by atoms with Crippen molar-refractivity contribution in [1.82, 2.24) is 0 Å². The summed E-state index contributed by atoms with van der Waals surface area (Å²) in [5.41, 5.74) is -14.0. The van der Waals surface area contributed by atoms with Gasteiger partial charge in [-0.3, -0.25) is 0 Å². The SMILES string of the molecule is CCC1CC(C(F)(F)F)(C(F)(F)F)C(F)(C(F)(C(F)(F)F)C(F)(F)F)O1. The highest BCUT2D eigenvalue weighted by Crippen LogP contribution is 2.72. The van der Waals surface area contributed by atoms with Crippen molar-refractivity contribution in [3.8, 4) is 0 Å². The molecule has 1 saturated heterocycles. The summed E-state index contributed by atoms with van der Waals surface area (Å²) in [5, 5.41) is 0. The third-order valence-electron chi connectivity index (χ3n) is 4.06. The molecule has 0 saturated carbocycles. The average Bonchev–Trinajstić information content (AvgIpc) is 2.69. The third kappa shape index (κ3) is 2.63. The highest BCUT2D eigenvalue weighted by atomic mass is 19.4. The highest BCUT2D eigenvalue weighted by Gasteiger charge is 2.98. The first-order valence-electron chi connectivity index (χ1n) is 6.46. The van der Waals surface area contributed by atoms with E-state index in [4.69, 9.17) is 0 Å². The van der Waals surface area contributed by atoms with Crippen LogP contribution < -0.4 is 0 Å². The predicted octanol–water partition coefficient (Wildman–Crippen LogP) is 5.80. The summed E-state index contributed by atoms with van der Waals surface area (Å²) in [5.74, 6) is -6.90. The fraction of sp³-hybridized carbons (Fsp3) is 1.00. The van der Waals surface area contributed by atoms with Gasteiger partial charge in [-0.15, -0.1) is 0 Å². The smallest absolute Gasteiger partial charge is 0.338 e. The molecule has 0 aromatic heterocycles. The predicted molar refractivity (Wildman–Crippen MR) is 54.1 cm³/mol. The lowest BCUT2D eigenvalue weighted by Gasteiger charge is -2.47. The zero-order chi connectivity index (χ0) is 21.2. The summed E-state index contributed by atoms with van der Waals surface area (Å²) in [6.45, 7) is 0.703. The van der Waals surface area contributed by atoms with E-state index in [2.05, 4.69) is 4.74 Å². The van der Waals surface area contributed by atoms with Gasteiger partial charge in [0.05, 0.1) is 6.10 Å². The fourth-order valence-electron chi connectivity index (χ4n) is 2.73. The molecule has 1 nitrogen and oxygen atoms in total. The summed E-state index contributed by atoms with van der Waals surface area (Å²) >= 11 is 0. The van der Waals surface area contributed by atoms with E-state index in [1.807, 2.05) is 0 Å². The molecule has 0 amide bonds. The summed E-state index contributed by atoms with van der Waals surface area (Å²) < 4.78 is 187. The molecule has 0 bridgehead atoms. The molecule has 1 aliphatic rings. The molecule has 0 radical (unpaired) electrons. The van der Waals surface area contributed by atoms with E-state index in [1.54, 1.807) is 0 Å². The molecule has 0 aliphatic carbocycles. The van der Waals surface area contributed by atoms with Crippen molar-refractivity contribution in [3.63, 3.8) is 0 Å². The Labute approximate surface area is 135 Å².